The molecule has 9 nitrogen and oxygen atoms in total. The Morgan fingerprint density at radius 3 is 2.44 bits per heavy atom. The number of anilines is 2. The van der Waals surface area contributed by atoms with E-state index in [1.807, 2.05) is 33.8 Å². The van der Waals surface area contributed by atoms with E-state index in [2.05, 4.69) is 9.69 Å². The van der Waals surface area contributed by atoms with E-state index >= 15 is 0 Å². The highest BCUT2D eigenvalue weighted by molar-refractivity contribution is 7.09. The normalized spacial score (nSPS) is 12.3. The lowest BCUT2D eigenvalue weighted by Gasteiger charge is -2.33. The van der Waals surface area contributed by atoms with Crippen LogP contribution in [-0.4, -0.2) is 27.6 Å². The van der Waals surface area contributed by atoms with Gasteiger partial charge in [-0.05, 0) is 75.5 Å². The van der Waals surface area contributed by atoms with E-state index < -0.39 is 29.3 Å². The van der Waals surface area contributed by atoms with Gasteiger partial charge in [0.15, 0.2) is 11.7 Å². The smallest absolute Gasteiger partial charge is 0.273 e. The van der Waals surface area contributed by atoms with Crippen LogP contribution in [0.15, 0.2) is 40.8 Å². The summed E-state index contributed by atoms with van der Waals surface area (Å²) in [5, 5.41) is 3.01. The average molecular weight is 484 g/mol. The first-order valence-corrected chi connectivity index (χ1v) is 11.6. The monoisotopic (exact) mass is 483 g/mol. The van der Waals surface area contributed by atoms with E-state index in [1.54, 1.807) is 37.3 Å². The quantitative estimate of drug-likeness (QED) is 0.445. The van der Waals surface area contributed by atoms with Gasteiger partial charge in [0.2, 0.25) is 0 Å². The number of carbonyl (C=O) groups excluding carboxylic acids is 3. The standard InChI is InChI=1S/C24H29N5O4S/c1-6-24(4,5)27-22(31)19(16-11-10-14(3)33-16)29(15-9-7-8-13(2)12-15)23(32)20-17(25)18(21(26)30)28-34-20/h7-12,19H,6,25H2,1-5H3,(H2,26,30)(H,27,31)/t19-/m1/s1. The number of amides is 3. The maximum absolute atomic E-state index is 13.9. The summed E-state index contributed by atoms with van der Waals surface area (Å²) in [4.78, 5) is 40.6. The van der Waals surface area contributed by atoms with Gasteiger partial charge in [0, 0.05) is 11.2 Å². The first-order chi connectivity index (χ1) is 15.9. The Morgan fingerprint density at radius 2 is 1.91 bits per heavy atom. The van der Waals surface area contributed by atoms with Gasteiger partial charge >= 0.3 is 0 Å². The fourth-order valence-corrected chi connectivity index (χ4v) is 4.11. The lowest BCUT2D eigenvalue weighted by Crippen LogP contribution is -2.50. The molecule has 2 heterocycles. The van der Waals surface area contributed by atoms with Gasteiger partial charge in [-0.25, -0.2) is 0 Å². The minimum Gasteiger partial charge on any atom is -0.464 e. The van der Waals surface area contributed by atoms with Crippen molar-refractivity contribution in [1.82, 2.24) is 9.69 Å². The molecule has 0 aliphatic rings. The van der Waals surface area contributed by atoms with Gasteiger partial charge < -0.3 is 21.2 Å². The number of rotatable bonds is 8. The van der Waals surface area contributed by atoms with Crippen molar-refractivity contribution in [2.24, 2.45) is 5.73 Å². The topological polar surface area (TPSA) is 145 Å². The second kappa shape index (κ2) is 9.68. The fourth-order valence-electron chi connectivity index (χ4n) is 3.36. The van der Waals surface area contributed by atoms with Gasteiger partial charge in [-0.1, -0.05) is 19.1 Å². The van der Waals surface area contributed by atoms with Crippen LogP contribution in [-0.2, 0) is 4.79 Å². The molecule has 1 aromatic carbocycles. The number of benzene rings is 1. The molecule has 0 saturated heterocycles. The summed E-state index contributed by atoms with van der Waals surface area (Å²) in [6.45, 7) is 9.39. The number of nitrogens with one attached hydrogen (secondary N) is 1. The first-order valence-electron chi connectivity index (χ1n) is 10.8. The van der Waals surface area contributed by atoms with Crippen LogP contribution in [0.4, 0.5) is 11.4 Å². The molecule has 2 aromatic heterocycles. The van der Waals surface area contributed by atoms with Crippen LogP contribution in [0.5, 0.6) is 0 Å². The summed E-state index contributed by atoms with van der Waals surface area (Å²) < 4.78 is 9.79. The number of primary amides is 1. The van der Waals surface area contributed by atoms with E-state index in [0.717, 1.165) is 17.1 Å². The van der Waals surface area contributed by atoms with Crippen LogP contribution >= 0.6 is 11.5 Å². The van der Waals surface area contributed by atoms with E-state index in [-0.39, 0.29) is 22.0 Å². The number of hydrogen-bond donors (Lipinski definition) is 3. The van der Waals surface area contributed by atoms with Gasteiger partial charge in [-0.3, -0.25) is 19.3 Å². The molecule has 5 N–H and O–H groups in total. The molecule has 0 spiro atoms. The number of nitrogen functional groups attached to an aromatic ring is 1. The summed E-state index contributed by atoms with van der Waals surface area (Å²) in [6.07, 6.45) is 0.671. The Bertz CT molecular complexity index is 1230. The molecule has 180 valence electrons. The summed E-state index contributed by atoms with van der Waals surface area (Å²) in [5.74, 6) is -0.982. The molecular weight excluding hydrogens is 454 g/mol. The van der Waals surface area contributed by atoms with Crippen molar-refractivity contribution in [2.45, 2.75) is 52.6 Å². The molecule has 3 rings (SSSR count). The molecule has 3 amide bonds. The molecule has 10 heteroatoms. The number of nitrogens with two attached hydrogens (primary N) is 2. The Labute approximate surface area is 202 Å². The third-order valence-corrected chi connectivity index (χ3v) is 6.39. The molecule has 0 aliphatic heterocycles. The van der Waals surface area contributed by atoms with Gasteiger partial charge in [0.1, 0.15) is 16.4 Å². The highest BCUT2D eigenvalue weighted by atomic mass is 32.1. The van der Waals surface area contributed by atoms with Crippen molar-refractivity contribution in [3.63, 3.8) is 0 Å². The van der Waals surface area contributed by atoms with Gasteiger partial charge in [0.05, 0.1) is 5.69 Å². The number of carbonyl (C=O) groups is 3. The molecule has 0 fully saturated rings. The number of hydrogen-bond acceptors (Lipinski definition) is 7. The second-order valence-corrected chi connectivity index (χ2v) is 9.50. The molecular formula is C24H29N5O4S. The zero-order valence-corrected chi connectivity index (χ0v) is 20.7. The molecule has 0 radical (unpaired) electrons. The van der Waals surface area contributed by atoms with Crippen molar-refractivity contribution in [1.29, 1.82) is 0 Å². The lowest BCUT2D eigenvalue weighted by molar-refractivity contribution is -0.124. The van der Waals surface area contributed by atoms with Gasteiger partial charge in [-0.2, -0.15) is 4.37 Å². The minimum absolute atomic E-state index is 0.00568. The van der Waals surface area contributed by atoms with Crippen molar-refractivity contribution in [3.8, 4) is 0 Å². The zero-order valence-electron chi connectivity index (χ0n) is 19.8. The lowest BCUT2D eigenvalue weighted by atomic mass is 10.00. The molecule has 0 saturated carbocycles. The van der Waals surface area contributed by atoms with Crippen LogP contribution in [0.2, 0.25) is 0 Å². The largest absolute Gasteiger partial charge is 0.464 e. The zero-order chi connectivity index (χ0) is 25.2. The summed E-state index contributed by atoms with van der Waals surface area (Å²) in [7, 11) is 0. The van der Waals surface area contributed by atoms with Gasteiger partial charge in [-0.15, -0.1) is 0 Å². The van der Waals surface area contributed by atoms with Crippen molar-refractivity contribution < 1.29 is 18.8 Å². The van der Waals surface area contributed by atoms with Crippen LogP contribution in [0.25, 0.3) is 0 Å². The average Bonchev–Trinajstić information content (AvgIpc) is 3.36. The molecule has 34 heavy (non-hydrogen) atoms. The first kappa shape index (κ1) is 25.0. The van der Waals surface area contributed by atoms with Crippen molar-refractivity contribution in [2.75, 3.05) is 10.6 Å². The maximum atomic E-state index is 13.9. The third-order valence-electron chi connectivity index (χ3n) is 5.54. The molecule has 1 atom stereocenters. The second-order valence-electron chi connectivity index (χ2n) is 8.73. The number of furan rings is 1. The SMILES string of the molecule is CCC(C)(C)NC(=O)[C@@H](c1ccc(C)o1)N(C(=O)c1snc(C(N)=O)c1N)c1cccc(C)c1. The van der Waals surface area contributed by atoms with Crippen LogP contribution in [0.1, 0.15) is 70.5 Å². The highest BCUT2D eigenvalue weighted by Crippen LogP contribution is 2.34. The molecule has 0 unspecified atom stereocenters. The number of nitrogens with zero attached hydrogens (tertiary/aromatic N) is 2. The highest BCUT2D eigenvalue weighted by Gasteiger charge is 2.39. The van der Waals surface area contributed by atoms with E-state index in [9.17, 15) is 14.4 Å². The van der Waals surface area contributed by atoms with Crippen LogP contribution < -0.4 is 21.7 Å². The summed E-state index contributed by atoms with van der Waals surface area (Å²) in [5.41, 5.74) is 11.9. The van der Waals surface area contributed by atoms with Crippen molar-refractivity contribution >= 4 is 40.6 Å². The Kier molecular flexibility index (Phi) is 7.11. The molecule has 0 aliphatic carbocycles. The van der Waals surface area contributed by atoms with E-state index in [4.69, 9.17) is 15.9 Å². The Balaban J connectivity index is 2.21. The van der Waals surface area contributed by atoms with E-state index in [1.165, 1.54) is 4.90 Å². The number of aromatic nitrogens is 1. The van der Waals surface area contributed by atoms with Gasteiger partial charge in [0.25, 0.3) is 17.7 Å². The Morgan fingerprint density at radius 1 is 1.21 bits per heavy atom. The van der Waals surface area contributed by atoms with E-state index in [0.29, 0.717) is 17.9 Å². The summed E-state index contributed by atoms with van der Waals surface area (Å²) >= 11 is 0.758. The van der Waals surface area contributed by atoms with Crippen molar-refractivity contribution in [3.05, 3.63) is 64.1 Å². The maximum Gasteiger partial charge on any atom is 0.273 e. The molecule has 3 aromatic rings. The molecule has 0 bridgehead atoms. The predicted molar refractivity (Wildman–Crippen MR) is 132 cm³/mol. The predicted octanol–water partition coefficient (Wildman–Crippen LogP) is 3.73. The minimum atomic E-state index is -1.15. The fraction of sp³-hybridized carbons (Fsp3) is 0.333. The summed E-state index contributed by atoms with van der Waals surface area (Å²) in [6, 6.07) is 9.42. The Hall–Kier alpha value is -3.66. The third kappa shape index (κ3) is 5.12. The van der Waals surface area contributed by atoms with Crippen LogP contribution in [0, 0.1) is 13.8 Å². The van der Waals surface area contributed by atoms with Crippen LogP contribution in [0.3, 0.4) is 0 Å². The number of aryl methyl sites for hydroxylation is 2.